The first-order chi connectivity index (χ1) is 28.3. The summed E-state index contributed by atoms with van der Waals surface area (Å²) in [6.07, 6.45) is -5.74. The minimum atomic E-state index is -1.34. The lowest BCUT2D eigenvalue weighted by Gasteiger charge is -2.06. The van der Waals surface area contributed by atoms with Crippen molar-refractivity contribution in [1.29, 1.82) is 0 Å². The van der Waals surface area contributed by atoms with Gasteiger partial charge >= 0.3 is 47.8 Å². The van der Waals surface area contributed by atoms with Crippen molar-refractivity contribution >= 4 is 92.1 Å². The molecule has 20 nitrogen and oxygen atoms in total. The number of carboxylic acid groups (broad SMARTS) is 8. The van der Waals surface area contributed by atoms with Crippen molar-refractivity contribution in [3.8, 4) is 0 Å². The summed E-state index contributed by atoms with van der Waals surface area (Å²) >= 11 is 0. The maximum Gasteiger partial charge on any atom is 0.307 e. The number of H-pyrrole nitrogens is 2. The van der Waals surface area contributed by atoms with E-state index in [4.69, 9.17) is 0 Å². The molecule has 8 bridgehead atoms. The van der Waals surface area contributed by atoms with Gasteiger partial charge in [0.15, 0.2) is 0 Å². The first kappa shape index (κ1) is 43.5. The fourth-order valence-corrected chi connectivity index (χ4v) is 7.37. The Balaban J connectivity index is 2.09. The zero-order valence-electron chi connectivity index (χ0n) is 31.5. The topological polar surface area (TPSA) is 356 Å². The third kappa shape index (κ3) is 10.4. The summed E-state index contributed by atoms with van der Waals surface area (Å²) in [6, 6.07) is 5.39. The number of rotatable bonds is 20. The van der Waals surface area contributed by atoms with Crippen LogP contribution in [0.3, 0.4) is 0 Å². The highest BCUT2D eigenvalue weighted by Gasteiger charge is 2.27. The van der Waals surface area contributed by atoms with E-state index >= 15 is 0 Å². The molecule has 3 aromatic heterocycles. The van der Waals surface area contributed by atoms with Crippen molar-refractivity contribution in [2.24, 2.45) is 0 Å². The Morgan fingerprint density at radius 2 is 0.617 bits per heavy atom. The summed E-state index contributed by atoms with van der Waals surface area (Å²) in [5.41, 5.74) is 1.10. The molecule has 10 N–H and O–H groups in total. The summed E-state index contributed by atoms with van der Waals surface area (Å²) < 4.78 is 0. The van der Waals surface area contributed by atoms with Gasteiger partial charge in [-0.05, 0) is 94.5 Å². The van der Waals surface area contributed by atoms with Crippen molar-refractivity contribution in [3.63, 3.8) is 0 Å². The molecule has 0 aromatic carbocycles. The maximum atomic E-state index is 12.3. The van der Waals surface area contributed by atoms with Crippen LogP contribution < -0.4 is 0 Å². The Labute approximate surface area is 337 Å². The molecule has 60 heavy (non-hydrogen) atoms. The molecule has 0 radical (unpaired) electrons. The number of aromatic amines is 2. The average molecular weight is 831 g/mol. The van der Waals surface area contributed by atoms with Gasteiger partial charge in [-0.1, -0.05) is 0 Å². The van der Waals surface area contributed by atoms with Gasteiger partial charge in [-0.2, -0.15) is 0 Å². The fourth-order valence-electron chi connectivity index (χ4n) is 7.37. The van der Waals surface area contributed by atoms with Crippen LogP contribution in [0.4, 0.5) is 0 Å². The highest BCUT2D eigenvalue weighted by Crippen LogP contribution is 2.40. The van der Waals surface area contributed by atoms with E-state index in [1.807, 2.05) is 0 Å². The molecule has 0 saturated heterocycles. The number of carbonyl (C=O) groups is 8. The highest BCUT2D eigenvalue weighted by molar-refractivity contribution is 6.02. The van der Waals surface area contributed by atoms with Gasteiger partial charge in [-0.15, -0.1) is 0 Å². The lowest BCUT2D eigenvalue weighted by atomic mass is 9.96. The average Bonchev–Trinajstić information content (AvgIpc) is 3.81. The van der Waals surface area contributed by atoms with E-state index in [-0.39, 0.29) is 115 Å². The number of aryl methyl sites for hydroxylation is 2. The van der Waals surface area contributed by atoms with Gasteiger partial charge in [0.2, 0.25) is 0 Å². The number of carboxylic acids is 8. The monoisotopic (exact) mass is 830 g/mol. The Kier molecular flexibility index (Phi) is 13.3. The number of aromatic nitrogens is 4. The molecule has 3 aromatic rings. The third-order valence-corrected chi connectivity index (χ3v) is 9.81. The quantitative estimate of drug-likeness (QED) is 0.0766. The van der Waals surface area contributed by atoms with E-state index in [1.54, 1.807) is 0 Å². The van der Waals surface area contributed by atoms with Crippen LogP contribution in [0.15, 0.2) is 24.3 Å². The van der Waals surface area contributed by atoms with Gasteiger partial charge < -0.3 is 50.8 Å². The lowest BCUT2D eigenvalue weighted by molar-refractivity contribution is -0.138. The molecule has 20 heteroatoms. The Hall–Kier alpha value is -7.64. The summed E-state index contributed by atoms with van der Waals surface area (Å²) in [5.74, 6) is -10.3. The van der Waals surface area contributed by atoms with Crippen molar-refractivity contribution in [2.45, 2.75) is 77.0 Å². The number of nitrogens with zero attached hydrogens (tertiary/aromatic N) is 2. The minimum Gasteiger partial charge on any atom is -0.481 e. The molecule has 0 fully saturated rings. The second kappa shape index (κ2) is 18.3. The summed E-state index contributed by atoms with van der Waals surface area (Å²) in [7, 11) is 0. The first-order valence-electron chi connectivity index (χ1n) is 18.3. The predicted molar refractivity (Wildman–Crippen MR) is 207 cm³/mol. The number of hydrogen-bond donors (Lipinski definition) is 10. The summed E-state index contributed by atoms with van der Waals surface area (Å²) in [4.78, 5) is 112. The molecule has 5 heterocycles. The van der Waals surface area contributed by atoms with Crippen LogP contribution in [-0.4, -0.2) is 109 Å². The molecule has 2 aliphatic heterocycles. The molecule has 0 amide bonds. The molecular weight excluding hydrogens is 792 g/mol. The summed E-state index contributed by atoms with van der Waals surface area (Å²) in [6.45, 7) is 0. The van der Waals surface area contributed by atoms with Crippen molar-refractivity contribution < 1.29 is 79.2 Å². The molecule has 0 aliphatic carbocycles. The molecule has 0 atom stereocenters. The number of hydrogen-bond acceptors (Lipinski definition) is 10. The van der Waals surface area contributed by atoms with Crippen LogP contribution in [-0.2, 0) is 64.0 Å². The normalized spacial score (nSPS) is 12.4. The second-order valence-corrected chi connectivity index (χ2v) is 13.9. The van der Waals surface area contributed by atoms with E-state index in [1.165, 1.54) is 24.3 Å². The lowest BCUT2D eigenvalue weighted by Crippen LogP contribution is -2.04. The zero-order valence-corrected chi connectivity index (χ0v) is 31.5. The van der Waals surface area contributed by atoms with Gasteiger partial charge in [0, 0.05) is 47.8 Å². The standard InChI is InChI=1S/C40H38N4O16/c45-33(46)5-1-17-21(9-37(53)54)29-14-26-19(3-7-35(49)50)23(11-39(57)58)31(43-26)16-28-20(4-8-36(51)52)24(12-40(59)60)32(44-28)15-27-18(2-6-34(47)48)22(10-38(55)56)30(42-27)13-25(17)41-29/h13-16,41,44H,1-12H2,(H,45,46)(H,47,48)(H,49,50)(H,51,52)(H,53,54)(H,55,56)(H,57,58)(H,59,60). The molecule has 5 rings (SSSR count). The molecule has 0 saturated carbocycles. The fraction of sp³-hybridized carbons (Fsp3) is 0.300. The first-order valence-corrected chi connectivity index (χ1v) is 18.3. The Morgan fingerprint density at radius 1 is 0.350 bits per heavy atom. The highest BCUT2D eigenvalue weighted by atomic mass is 16.4. The number of aliphatic carboxylic acids is 8. The van der Waals surface area contributed by atoms with Gasteiger partial charge in [-0.25, -0.2) is 9.97 Å². The molecular formula is C40H38N4O16. The molecule has 2 aliphatic rings. The second-order valence-electron chi connectivity index (χ2n) is 13.9. The molecule has 0 spiro atoms. The van der Waals surface area contributed by atoms with E-state index in [0.29, 0.717) is 0 Å². The van der Waals surface area contributed by atoms with Gasteiger partial charge in [0.05, 0.1) is 48.5 Å². The Morgan fingerprint density at radius 3 is 0.900 bits per heavy atom. The van der Waals surface area contributed by atoms with E-state index in [0.717, 1.165) is 0 Å². The van der Waals surface area contributed by atoms with Crippen LogP contribution in [0.5, 0.6) is 0 Å². The number of fused-ring (bicyclic) bond motifs is 8. The number of allylic oxidation sites excluding steroid dienone is 2. The van der Waals surface area contributed by atoms with Crippen LogP contribution in [0.1, 0.15) is 96.4 Å². The van der Waals surface area contributed by atoms with Crippen molar-refractivity contribution in [3.05, 3.63) is 69.3 Å². The van der Waals surface area contributed by atoms with Crippen LogP contribution in [0.25, 0.3) is 44.4 Å². The van der Waals surface area contributed by atoms with E-state index in [2.05, 4.69) is 19.9 Å². The van der Waals surface area contributed by atoms with Crippen LogP contribution in [0, 0.1) is 0 Å². The molecule has 314 valence electrons. The zero-order chi connectivity index (χ0) is 44.0. The largest absolute Gasteiger partial charge is 0.481 e. The number of nitrogens with one attached hydrogen (secondary N) is 2. The summed E-state index contributed by atoms with van der Waals surface area (Å²) in [5, 5.41) is 78.6. The van der Waals surface area contributed by atoms with Gasteiger partial charge in [0.1, 0.15) is 0 Å². The SMILES string of the molecule is O=C(O)CCC1=C(CC(=O)O)c2cc3[nH]c(cc4nc(cc5[nH]c(cc1n2)c(CC(=O)O)c5CCC(=O)O)C(CC(=O)O)=C4CCC(=O)O)c(CC(=O)O)c3CCC(=O)O. The smallest absolute Gasteiger partial charge is 0.307 e. The Bertz CT molecular complexity index is 2420. The van der Waals surface area contributed by atoms with Crippen molar-refractivity contribution in [2.75, 3.05) is 0 Å². The van der Waals surface area contributed by atoms with E-state index < -0.39 is 99.1 Å². The maximum absolute atomic E-state index is 12.3. The van der Waals surface area contributed by atoms with Gasteiger partial charge in [-0.3, -0.25) is 38.4 Å². The van der Waals surface area contributed by atoms with Crippen LogP contribution >= 0.6 is 0 Å². The van der Waals surface area contributed by atoms with Crippen molar-refractivity contribution in [1.82, 2.24) is 19.9 Å². The molecule has 0 unspecified atom stereocenters. The van der Waals surface area contributed by atoms with Crippen LogP contribution in [0.2, 0.25) is 0 Å². The third-order valence-electron chi connectivity index (χ3n) is 9.81. The van der Waals surface area contributed by atoms with Gasteiger partial charge in [0.25, 0.3) is 0 Å². The minimum absolute atomic E-state index is 0.00232. The predicted octanol–water partition coefficient (Wildman–Crippen LogP) is 4.10. The van der Waals surface area contributed by atoms with E-state index in [9.17, 15) is 79.2 Å².